The van der Waals surface area contributed by atoms with Crippen LogP contribution in [0, 0.1) is 5.41 Å². The maximum Gasteiger partial charge on any atom is 0.267 e. The molecule has 0 atom stereocenters. The number of nitrogens with two attached hydrogens (primary N) is 1. The summed E-state index contributed by atoms with van der Waals surface area (Å²) in [5.41, 5.74) is 8.16. The molecule has 0 aliphatic carbocycles. The topological polar surface area (TPSA) is 101 Å². The summed E-state index contributed by atoms with van der Waals surface area (Å²) in [5.74, 6) is -0.0516. The van der Waals surface area contributed by atoms with Gasteiger partial charge in [0.05, 0.1) is 6.54 Å². The summed E-state index contributed by atoms with van der Waals surface area (Å²) in [6.45, 7) is 4.44. The SMILES string of the molecule is CC(C)(CO)CNC(=O)c1cc2cc(N)ccc2n1Cc1ccccc1O. The van der Waals surface area contributed by atoms with Crippen molar-refractivity contribution in [3.05, 3.63) is 59.8 Å². The minimum Gasteiger partial charge on any atom is -0.508 e. The largest absolute Gasteiger partial charge is 0.508 e. The van der Waals surface area contributed by atoms with Crippen molar-refractivity contribution < 1.29 is 15.0 Å². The second-order valence-electron chi connectivity index (χ2n) is 7.57. The Morgan fingerprint density at radius 3 is 2.63 bits per heavy atom. The van der Waals surface area contributed by atoms with E-state index in [4.69, 9.17) is 5.73 Å². The number of aromatic hydroxyl groups is 1. The van der Waals surface area contributed by atoms with Gasteiger partial charge in [0, 0.05) is 40.7 Å². The number of phenols is 1. The van der Waals surface area contributed by atoms with Crippen molar-refractivity contribution >= 4 is 22.5 Å². The highest BCUT2D eigenvalue weighted by atomic mass is 16.3. The third-order valence-electron chi connectivity index (χ3n) is 4.63. The number of para-hydroxylation sites is 1. The number of rotatable bonds is 6. The molecule has 6 heteroatoms. The van der Waals surface area contributed by atoms with Gasteiger partial charge in [0.2, 0.25) is 0 Å². The predicted molar refractivity (Wildman–Crippen MR) is 107 cm³/mol. The molecule has 1 amide bonds. The smallest absolute Gasteiger partial charge is 0.267 e. The quantitative estimate of drug-likeness (QED) is 0.503. The van der Waals surface area contributed by atoms with E-state index in [1.54, 1.807) is 24.3 Å². The molecule has 0 saturated carbocycles. The molecule has 142 valence electrons. The molecular weight excluding hydrogens is 342 g/mol. The molecule has 1 aromatic heterocycles. The van der Waals surface area contributed by atoms with E-state index in [1.165, 1.54) is 0 Å². The number of aliphatic hydroxyl groups is 1. The van der Waals surface area contributed by atoms with Crippen molar-refractivity contribution in [3.8, 4) is 5.75 Å². The van der Waals surface area contributed by atoms with Gasteiger partial charge in [-0.1, -0.05) is 32.0 Å². The maximum absolute atomic E-state index is 12.9. The summed E-state index contributed by atoms with van der Waals surface area (Å²) in [7, 11) is 0. The minimum absolute atomic E-state index is 0.0231. The van der Waals surface area contributed by atoms with E-state index in [2.05, 4.69) is 5.32 Å². The van der Waals surface area contributed by atoms with E-state index in [-0.39, 0.29) is 18.3 Å². The van der Waals surface area contributed by atoms with Crippen molar-refractivity contribution in [2.24, 2.45) is 5.41 Å². The van der Waals surface area contributed by atoms with Crippen LogP contribution >= 0.6 is 0 Å². The third-order valence-corrected chi connectivity index (χ3v) is 4.63. The highest BCUT2D eigenvalue weighted by Crippen LogP contribution is 2.26. The molecule has 0 aliphatic heterocycles. The molecule has 6 nitrogen and oxygen atoms in total. The summed E-state index contributed by atoms with van der Waals surface area (Å²) in [4.78, 5) is 12.9. The average molecular weight is 367 g/mol. The zero-order valence-electron chi connectivity index (χ0n) is 15.6. The summed E-state index contributed by atoms with van der Waals surface area (Å²) < 4.78 is 1.87. The maximum atomic E-state index is 12.9. The van der Waals surface area contributed by atoms with Crippen molar-refractivity contribution in [1.82, 2.24) is 9.88 Å². The Morgan fingerprint density at radius 1 is 1.19 bits per heavy atom. The number of anilines is 1. The highest BCUT2D eigenvalue weighted by molar-refractivity contribution is 5.99. The van der Waals surface area contributed by atoms with E-state index >= 15 is 0 Å². The molecule has 1 heterocycles. The predicted octanol–water partition coefficient (Wildman–Crippen LogP) is 2.73. The van der Waals surface area contributed by atoms with Crippen molar-refractivity contribution in [2.45, 2.75) is 20.4 Å². The van der Waals surface area contributed by atoms with E-state index in [1.807, 2.05) is 42.7 Å². The molecule has 0 fully saturated rings. The zero-order valence-corrected chi connectivity index (χ0v) is 15.6. The van der Waals surface area contributed by atoms with Gasteiger partial charge in [0.1, 0.15) is 11.4 Å². The first-order valence-electron chi connectivity index (χ1n) is 8.85. The Kier molecular flexibility index (Phi) is 5.10. The monoisotopic (exact) mass is 367 g/mol. The lowest BCUT2D eigenvalue weighted by Crippen LogP contribution is -2.36. The minimum atomic E-state index is -0.408. The Labute approximate surface area is 158 Å². The van der Waals surface area contributed by atoms with Gasteiger partial charge >= 0.3 is 0 Å². The number of fused-ring (bicyclic) bond motifs is 1. The van der Waals surface area contributed by atoms with Crippen LogP contribution in [0.1, 0.15) is 29.9 Å². The number of aromatic nitrogens is 1. The molecule has 27 heavy (non-hydrogen) atoms. The van der Waals surface area contributed by atoms with Gasteiger partial charge < -0.3 is 25.8 Å². The van der Waals surface area contributed by atoms with Crippen LogP contribution in [0.3, 0.4) is 0 Å². The lowest BCUT2D eigenvalue weighted by Gasteiger charge is -2.22. The van der Waals surface area contributed by atoms with Crippen LogP contribution < -0.4 is 11.1 Å². The fourth-order valence-corrected chi connectivity index (χ4v) is 2.93. The van der Waals surface area contributed by atoms with Gasteiger partial charge in [0.25, 0.3) is 5.91 Å². The molecule has 0 saturated heterocycles. The number of aliphatic hydroxyl groups excluding tert-OH is 1. The van der Waals surface area contributed by atoms with Crippen LogP contribution in [0.4, 0.5) is 5.69 Å². The average Bonchev–Trinajstić information content (AvgIpc) is 2.99. The standard InChI is InChI=1S/C21H25N3O3/c1-21(2,13-25)12-23-20(27)18-10-15-9-16(22)7-8-17(15)24(18)11-14-5-3-4-6-19(14)26/h3-10,25-26H,11-13,22H2,1-2H3,(H,23,27). The molecule has 0 unspecified atom stereocenters. The number of nitrogens with zero attached hydrogens (tertiary/aromatic N) is 1. The van der Waals surface area contributed by atoms with Gasteiger partial charge in [-0.25, -0.2) is 0 Å². The molecular formula is C21H25N3O3. The molecule has 0 aliphatic rings. The van der Waals surface area contributed by atoms with Crippen LogP contribution in [0.15, 0.2) is 48.5 Å². The van der Waals surface area contributed by atoms with Gasteiger partial charge in [-0.3, -0.25) is 4.79 Å². The molecule has 0 spiro atoms. The first-order valence-corrected chi connectivity index (χ1v) is 8.85. The van der Waals surface area contributed by atoms with E-state index < -0.39 is 5.41 Å². The Bertz CT molecular complexity index is 976. The van der Waals surface area contributed by atoms with Crippen LogP contribution in [-0.2, 0) is 6.54 Å². The first-order chi connectivity index (χ1) is 12.8. The third kappa shape index (κ3) is 4.06. The fraction of sp³-hybridized carbons (Fsp3) is 0.286. The lowest BCUT2D eigenvalue weighted by molar-refractivity contribution is 0.0902. The summed E-state index contributed by atoms with van der Waals surface area (Å²) in [6.07, 6.45) is 0. The Balaban J connectivity index is 2.01. The molecule has 0 radical (unpaired) electrons. The number of nitrogen functional groups attached to an aromatic ring is 1. The second-order valence-corrected chi connectivity index (χ2v) is 7.57. The van der Waals surface area contributed by atoms with Gasteiger partial charge in [0.15, 0.2) is 0 Å². The van der Waals surface area contributed by atoms with Crippen molar-refractivity contribution in [3.63, 3.8) is 0 Å². The van der Waals surface area contributed by atoms with Crippen LogP contribution in [0.25, 0.3) is 10.9 Å². The summed E-state index contributed by atoms with van der Waals surface area (Å²) in [6, 6.07) is 14.4. The Morgan fingerprint density at radius 2 is 1.93 bits per heavy atom. The zero-order chi connectivity index (χ0) is 19.6. The summed E-state index contributed by atoms with van der Waals surface area (Å²) >= 11 is 0. The number of hydrogen-bond donors (Lipinski definition) is 4. The number of carbonyl (C=O) groups excluding carboxylic acids is 1. The number of carbonyl (C=O) groups is 1. The fourth-order valence-electron chi connectivity index (χ4n) is 2.93. The Hall–Kier alpha value is -2.99. The number of hydrogen-bond acceptors (Lipinski definition) is 4. The van der Waals surface area contributed by atoms with E-state index in [0.29, 0.717) is 24.5 Å². The van der Waals surface area contributed by atoms with Crippen LogP contribution in [0.2, 0.25) is 0 Å². The number of nitrogens with one attached hydrogen (secondary N) is 1. The first kappa shape index (κ1) is 18.8. The molecule has 2 aromatic carbocycles. The van der Waals surface area contributed by atoms with E-state index in [9.17, 15) is 15.0 Å². The molecule has 0 bridgehead atoms. The van der Waals surface area contributed by atoms with Crippen molar-refractivity contribution in [2.75, 3.05) is 18.9 Å². The number of phenolic OH excluding ortho intramolecular Hbond substituents is 1. The van der Waals surface area contributed by atoms with Gasteiger partial charge in [-0.15, -0.1) is 0 Å². The number of benzene rings is 2. The highest BCUT2D eigenvalue weighted by Gasteiger charge is 2.21. The lowest BCUT2D eigenvalue weighted by atomic mass is 9.95. The summed E-state index contributed by atoms with van der Waals surface area (Å²) in [5, 5.41) is 23.3. The van der Waals surface area contributed by atoms with Crippen LogP contribution in [-0.4, -0.2) is 33.8 Å². The molecule has 3 aromatic rings. The van der Waals surface area contributed by atoms with E-state index in [0.717, 1.165) is 16.5 Å². The number of amides is 1. The second kappa shape index (κ2) is 7.32. The van der Waals surface area contributed by atoms with Crippen molar-refractivity contribution in [1.29, 1.82) is 0 Å². The molecule has 3 rings (SSSR count). The van der Waals surface area contributed by atoms with Crippen LogP contribution in [0.5, 0.6) is 5.75 Å². The van der Waals surface area contributed by atoms with Gasteiger partial charge in [-0.05, 0) is 30.3 Å². The normalized spacial score (nSPS) is 11.7. The molecule has 5 N–H and O–H groups in total. The van der Waals surface area contributed by atoms with Gasteiger partial charge in [-0.2, -0.15) is 0 Å².